The maximum absolute atomic E-state index is 11.7. The number of benzene rings is 1. The molecule has 1 aromatic rings. The molecule has 0 bridgehead atoms. The van der Waals surface area contributed by atoms with Crippen molar-refractivity contribution in [2.75, 3.05) is 11.9 Å². The van der Waals surface area contributed by atoms with Crippen LogP contribution in [0.25, 0.3) is 0 Å². The van der Waals surface area contributed by atoms with E-state index < -0.39 is 0 Å². The molecule has 1 saturated heterocycles. The first-order valence-electron chi connectivity index (χ1n) is 6.03. The van der Waals surface area contributed by atoms with Crippen LogP contribution in [0, 0.1) is 3.57 Å². The molecule has 1 aromatic carbocycles. The molecule has 0 spiro atoms. The van der Waals surface area contributed by atoms with Crippen molar-refractivity contribution in [3.63, 3.8) is 0 Å². The minimum Gasteiger partial charge on any atom is -0.326 e. The zero-order valence-corrected chi connectivity index (χ0v) is 11.9. The summed E-state index contributed by atoms with van der Waals surface area (Å²) in [6.45, 7) is 1.10. The van der Waals surface area contributed by atoms with Gasteiger partial charge in [0.15, 0.2) is 0 Å². The zero-order chi connectivity index (χ0) is 12.1. The number of carbonyl (C=O) groups excluding carboxylic acids is 1. The second kappa shape index (κ2) is 6.35. The topological polar surface area (TPSA) is 41.1 Å². The number of nitrogens with one attached hydrogen (secondary N) is 2. The highest BCUT2D eigenvalue weighted by atomic mass is 127. The fourth-order valence-corrected chi connectivity index (χ4v) is 2.42. The van der Waals surface area contributed by atoms with Crippen LogP contribution in [0.15, 0.2) is 24.3 Å². The van der Waals surface area contributed by atoms with E-state index in [4.69, 9.17) is 0 Å². The molecule has 1 heterocycles. The summed E-state index contributed by atoms with van der Waals surface area (Å²) in [6, 6.07) is 8.40. The molecule has 2 N–H and O–H groups in total. The summed E-state index contributed by atoms with van der Waals surface area (Å²) in [5.74, 6) is 0.111. The lowest BCUT2D eigenvalue weighted by Crippen LogP contribution is -2.23. The van der Waals surface area contributed by atoms with Crippen LogP contribution in [0.5, 0.6) is 0 Å². The second-order valence-corrected chi connectivity index (χ2v) is 5.63. The average Bonchev–Trinajstić information content (AvgIpc) is 2.83. The third-order valence-electron chi connectivity index (χ3n) is 3.01. The number of rotatable bonds is 4. The third-order valence-corrected chi connectivity index (χ3v) is 3.73. The maximum Gasteiger partial charge on any atom is 0.224 e. The van der Waals surface area contributed by atoms with E-state index in [1.807, 2.05) is 24.3 Å². The molecule has 3 nitrogen and oxygen atoms in total. The second-order valence-electron chi connectivity index (χ2n) is 4.39. The summed E-state index contributed by atoms with van der Waals surface area (Å²) in [5, 5.41) is 6.33. The lowest BCUT2D eigenvalue weighted by Gasteiger charge is -2.10. The SMILES string of the molecule is O=C(CCC1CCCN1)Nc1ccc(I)cc1. The highest BCUT2D eigenvalue weighted by Gasteiger charge is 2.15. The lowest BCUT2D eigenvalue weighted by molar-refractivity contribution is -0.116. The van der Waals surface area contributed by atoms with E-state index in [0.717, 1.165) is 18.7 Å². The van der Waals surface area contributed by atoms with Crippen molar-refractivity contribution >= 4 is 34.2 Å². The van der Waals surface area contributed by atoms with E-state index in [0.29, 0.717) is 12.5 Å². The minimum atomic E-state index is 0.111. The Morgan fingerprint density at radius 1 is 1.41 bits per heavy atom. The van der Waals surface area contributed by atoms with E-state index in [9.17, 15) is 4.79 Å². The predicted octanol–water partition coefficient (Wildman–Crippen LogP) is 2.76. The Bertz CT molecular complexity index is 372. The Kier molecular flexibility index (Phi) is 4.79. The van der Waals surface area contributed by atoms with Crippen LogP contribution in [-0.2, 0) is 4.79 Å². The van der Waals surface area contributed by atoms with Crippen molar-refractivity contribution in [2.24, 2.45) is 0 Å². The van der Waals surface area contributed by atoms with Crippen LogP contribution in [0.1, 0.15) is 25.7 Å². The van der Waals surface area contributed by atoms with E-state index >= 15 is 0 Å². The largest absolute Gasteiger partial charge is 0.326 e. The predicted molar refractivity (Wildman–Crippen MR) is 78.0 cm³/mol. The summed E-state index contributed by atoms with van der Waals surface area (Å²) < 4.78 is 1.18. The summed E-state index contributed by atoms with van der Waals surface area (Å²) in [6.07, 6.45) is 3.99. The highest BCUT2D eigenvalue weighted by molar-refractivity contribution is 14.1. The van der Waals surface area contributed by atoms with E-state index in [-0.39, 0.29) is 5.91 Å². The van der Waals surface area contributed by atoms with Crippen LogP contribution in [0.4, 0.5) is 5.69 Å². The van der Waals surface area contributed by atoms with Gasteiger partial charge in [-0.3, -0.25) is 4.79 Å². The van der Waals surface area contributed by atoms with Crippen molar-refractivity contribution in [1.82, 2.24) is 5.32 Å². The molecule has 1 aliphatic heterocycles. The monoisotopic (exact) mass is 344 g/mol. The van der Waals surface area contributed by atoms with Crippen molar-refractivity contribution in [3.05, 3.63) is 27.8 Å². The standard InChI is InChI=1S/C13H17IN2O/c14-10-3-5-12(6-4-10)16-13(17)8-7-11-2-1-9-15-11/h3-6,11,15H,1-2,7-9H2,(H,16,17). The normalized spacial score (nSPS) is 19.2. The number of amides is 1. The Morgan fingerprint density at radius 3 is 2.82 bits per heavy atom. The van der Waals surface area contributed by atoms with Crippen molar-refractivity contribution in [1.29, 1.82) is 0 Å². The van der Waals surface area contributed by atoms with Gasteiger partial charge in [-0.1, -0.05) is 0 Å². The Hall–Kier alpha value is -0.620. The van der Waals surface area contributed by atoms with E-state index in [1.54, 1.807) is 0 Å². The first-order valence-corrected chi connectivity index (χ1v) is 7.11. The van der Waals surface area contributed by atoms with Gasteiger partial charge in [0.25, 0.3) is 0 Å². The van der Waals surface area contributed by atoms with Gasteiger partial charge in [-0.05, 0) is 72.7 Å². The van der Waals surface area contributed by atoms with Crippen molar-refractivity contribution < 1.29 is 4.79 Å². The Labute approximate surface area is 116 Å². The molecule has 1 amide bonds. The summed E-state index contributed by atoms with van der Waals surface area (Å²) in [5.41, 5.74) is 0.884. The average molecular weight is 344 g/mol. The third kappa shape index (κ3) is 4.27. The van der Waals surface area contributed by atoms with Gasteiger partial charge < -0.3 is 10.6 Å². The zero-order valence-electron chi connectivity index (χ0n) is 9.71. The molecular formula is C13H17IN2O. The quantitative estimate of drug-likeness (QED) is 0.825. The molecule has 0 radical (unpaired) electrons. The van der Waals surface area contributed by atoms with Crippen LogP contribution < -0.4 is 10.6 Å². The molecule has 1 unspecified atom stereocenters. The molecule has 1 aliphatic rings. The Morgan fingerprint density at radius 2 is 2.18 bits per heavy atom. The molecule has 2 rings (SSSR count). The van der Waals surface area contributed by atoms with Crippen LogP contribution in [0.2, 0.25) is 0 Å². The lowest BCUT2D eigenvalue weighted by atomic mass is 10.1. The van der Waals surface area contributed by atoms with Gasteiger partial charge in [0.2, 0.25) is 5.91 Å². The number of carbonyl (C=O) groups is 1. The van der Waals surface area contributed by atoms with Gasteiger partial charge in [-0.15, -0.1) is 0 Å². The van der Waals surface area contributed by atoms with Gasteiger partial charge in [0.05, 0.1) is 0 Å². The van der Waals surface area contributed by atoms with Gasteiger partial charge >= 0.3 is 0 Å². The summed E-state index contributed by atoms with van der Waals surface area (Å²) in [4.78, 5) is 11.7. The van der Waals surface area contributed by atoms with Crippen molar-refractivity contribution in [3.8, 4) is 0 Å². The highest BCUT2D eigenvalue weighted by Crippen LogP contribution is 2.14. The van der Waals surface area contributed by atoms with Crippen LogP contribution in [-0.4, -0.2) is 18.5 Å². The molecule has 17 heavy (non-hydrogen) atoms. The number of halogens is 1. The fourth-order valence-electron chi connectivity index (χ4n) is 2.07. The number of hydrogen-bond acceptors (Lipinski definition) is 2. The first kappa shape index (κ1) is 12.8. The smallest absolute Gasteiger partial charge is 0.224 e. The van der Waals surface area contributed by atoms with E-state index in [2.05, 4.69) is 33.2 Å². The summed E-state index contributed by atoms with van der Waals surface area (Å²) in [7, 11) is 0. The van der Waals surface area contributed by atoms with Crippen LogP contribution in [0.3, 0.4) is 0 Å². The van der Waals surface area contributed by atoms with Gasteiger partial charge in [0.1, 0.15) is 0 Å². The number of anilines is 1. The molecule has 0 saturated carbocycles. The Balaban J connectivity index is 1.74. The van der Waals surface area contributed by atoms with Crippen molar-refractivity contribution in [2.45, 2.75) is 31.7 Å². The molecule has 0 aromatic heterocycles. The number of hydrogen-bond donors (Lipinski definition) is 2. The van der Waals surface area contributed by atoms with Crippen LogP contribution >= 0.6 is 22.6 Å². The molecule has 1 atom stereocenters. The summed E-state index contributed by atoms with van der Waals surface area (Å²) >= 11 is 2.25. The molecule has 92 valence electrons. The first-order chi connectivity index (χ1) is 8.24. The van der Waals surface area contributed by atoms with E-state index in [1.165, 1.54) is 16.4 Å². The fraction of sp³-hybridized carbons (Fsp3) is 0.462. The molecular weight excluding hydrogens is 327 g/mol. The van der Waals surface area contributed by atoms with Gasteiger partial charge in [-0.2, -0.15) is 0 Å². The van der Waals surface area contributed by atoms with Gasteiger partial charge in [-0.25, -0.2) is 0 Å². The minimum absolute atomic E-state index is 0.111. The molecule has 1 fully saturated rings. The molecule has 0 aliphatic carbocycles. The molecule has 4 heteroatoms. The van der Waals surface area contributed by atoms with Gasteiger partial charge in [0, 0.05) is 21.7 Å². The maximum atomic E-state index is 11.7.